The molecule has 22 heavy (non-hydrogen) atoms. The smallest absolute Gasteiger partial charge is 0.253 e. The number of benzene rings is 2. The lowest BCUT2D eigenvalue weighted by atomic mass is 10.1. The molecule has 0 aromatic heterocycles. The lowest BCUT2D eigenvalue weighted by Crippen LogP contribution is -2.25. The third-order valence-electron chi connectivity index (χ3n) is 3.25. The number of hydrogen-bond acceptors (Lipinski definition) is 4. The summed E-state index contributed by atoms with van der Waals surface area (Å²) in [7, 11) is 1.42. The van der Waals surface area contributed by atoms with E-state index in [1.54, 1.807) is 0 Å². The molecule has 0 aliphatic rings. The SMILES string of the molecule is C=Nc1cc(O)c(OC)cc1C(=O)NCCc1ccccc1. The second kappa shape index (κ2) is 7.26. The van der Waals surface area contributed by atoms with Crippen LogP contribution in [0.25, 0.3) is 0 Å². The van der Waals surface area contributed by atoms with Crippen molar-refractivity contribution in [2.24, 2.45) is 4.99 Å². The fourth-order valence-corrected chi connectivity index (χ4v) is 2.09. The van der Waals surface area contributed by atoms with Crippen molar-refractivity contribution >= 4 is 18.3 Å². The number of rotatable bonds is 6. The van der Waals surface area contributed by atoms with Crippen LogP contribution >= 0.6 is 0 Å². The maximum absolute atomic E-state index is 12.3. The topological polar surface area (TPSA) is 70.9 Å². The first-order valence-electron chi connectivity index (χ1n) is 6.85. The second-order valence-electron chi connectivity index (χ2n) is 4.69. The molecule has 2 aromatic rings. The van der Waals surface area contributed by atoms with Crippen molar-refractivity contribution in [3.8, 4) is 11.5 Å². The van der Waals surface area contributed by atoms with Gasteiger partial charge in [0, 0.05) is 12.6 Å². The van der Waals surface area contributed by atoms with Crippen molar-refractivity contribution in [1.29, 1.82) is 0 Å². The molecule has 0 saturated carbocycles. The first kappa shape index (κ1) is 15.6. The van der Waals surface area contributed by atoms with Gasteiger partial charge in [-0.2, -0.15) is 0 Å². The Labute approximate surface area is 129 Å². The molecule has 2 rings (SSSR count). The molecule has 114 valence electrons. The maximum Gasteiger partial charge on any atom is 0.253 e. The fourth-order valence-electron chi connectivity index (χ4n) is 2.09. The van der Waals surface area contributed by atoms with Crippen LogP contribution < -0.4 is 10.1 Å². The number of carbonyl (C=O) groups excluding carboxylic acids is 1. The summed E-state index contributed by atoms with van der Waals surface area (Å²) in [5, 5.41) is 12.5. The quantitative estimate of drug-likeness (QED) is 0.805. The number of methoxy groups -OCH3 is 1. The van der Waals surface area contributed by atoms with Crippen LogP contribution in [0.2, 0.25) is 0 Å². The number of amides is 1. The molecule has 2 N–H and O–H groups in total. The normalized spacial score (nSPS) is 10.0. The van der Waals surface area contributed by atoms with Crippen molar-refractivity contribution in [2.45, 2.75) is 6.42 Å². The van der Waals surface area contributed by atoms with E-state index in [1.807, 2.05) is 30.3 Å². The average molecular weight is 298 g/mol. The number of aliphatic imine (C=N–C) groups is 1. The highest BCUT2D eigenvalue weighted by Crippen LogP contribution is 2.33. The number of carbonyl (C=O) groups is 1. The van der Waals surface area contributed by atoms with E-state index in [1.165, 1.54) is 19.2 Å². The van der Waals surface area contributed by atoms with Gasteiger partial charge in [-0.05, 0) is 24.8 Å². The Morgan fingerprint density at radius 2 is 2.05 bits per heavy atom. The molecule has 0 unspecified atom stereocenters. The van der Waals surface area contributed by atoms with Crippen LogP contribution in [0, 0.1) is 0 Å². The van der Waals surface area contributed by atoms with Crippen LogP contribution in [-0.2, 0) is 6.42 Å². The molecule has 0 bridgehead atoms. The first-order valence-corrected chi connectivity index (χ1v) is 6.85. The van der Waals surface area contributed by atoms with Crippen molar-refractivity contribution in [1.82, 2.24) is 5.32 Å². The zero-order chi connectivity index (χ0) is 15.9. The van der Waals surface area contributed by atoms with Crippen LogP contribution in [0.15, 0.2) is 47.5 Å². The maximum atomic E-state index is 12.3. The molecule has 0 aliphatic heterocycles. The van der Waals surface area contributed by atoms with Gasteiger partial charge in [-0.25, -0.2) is 0 Å². The minimum absolute atomic E-state index is 0.0780. The summed E-state index contributed by atoms with van der Waals surface area (Å²) in [5.41, 5.74) is 1.78. The summed E-state index contributed by atoms with van der Waals surface area (Å²) in [6, 6.07) is 12.7. The van der Waals surface area contributed by atoms with Gasteiger partial charge in [0.1, 0.15) is 0 Å². The van der Waals surface area contributed by atoms with Crippen LogP contribution in [0.1, 0.15) is 15.9 Å². The van der Waals surface area contributed by atoms with E-state index in [-0.39, 0.29) is 17.4 Å². The Bertz CT molecular complexity index is 669. The number of hydrogen-bond donors (Lipinski definition) is 2. The largest absolute Gasteiger partial charge is 0.504 e. The number of ether oxygens (including phenoxy) is 1. The highest BCUT2D eigenvalue weighted by Gasteiger charge is 2.15. The summed E-state index contributed by atoms with van der Waals surface area (Å²) in [6.45, 7) is 3.92. The molecule has 5 nitrogen and oxygen atoms in total. The summed E-state index contributed by atoms with van der Waals surface area (Å²) in [6.07, 6.45) is 0.735. The number of aromatic hydroxyl groups is 1. The lowest BCUT2D eigenvalue weighted by molar-refractivity contribution is 0.0954. The first-order chi connectivity index (χ1) is 10.7. The Morgan fingerprint density at radius 1 is 1.32 bits per heavy atom. The van der Waals surface area contributed by atoms with Gasteiger partial charge in [-0.15, -0.1) is 0 Å². The number of nitrogens with one attached hydrogen (secondary N) is 1. The van der Waals surface area contributed by atoms with Crippen LogP contribution in [0.5, 0.6) is 11.5 Å². The molecule has 5 heteroatoms. The number of nitrogens with zero attached hydrogens (tertiary/aromatic N) is 1. The van der Waals surface area contributed by atoms with Crippen molar-refractivity contribution in [2.75, 3.05) is 13.7 Å². The molecular formula is C17H18N2O3. The van der Waals surface area contributed by atoms with E-state index in [0.717, 1.165) is 12.0 Å². The highest BCUT2D eigenvalue weighted by atomic mass is 16.5. The summed E-state index contributed by atoms with van der Waals surface area (Å²) < 4.78 is 5.02. The molecule has 1 amide bonds. The van der Waals surface area contributed by atoms with Crippen molar-refractivity contribution in [3.63, 3.8) is 0 Å². The Hall–Kier alpha value is -2.82. The highest BCUT2D eigenvalue weighted by molar-refractivity contribution is 6.00. The van der Waals surface area contributed by atoms with Gasteiger partial charge in [0.15, 0.2) is 11.5 Å². The van der Waals surface area contributed by atoms with E-state index in [0.29, 0.717) is 17.8 Å². The summed E-state index contributed by atoms with van der Waals surface area (Å²) in [4.78, 5) is 16.0. The van der Waals surface area contributed by atoms with E-state index in [2.05, 4.69) is 17.0 Å². The van der Waals surface area contributed by atoms with Gasteiger partial charge in [0.25, 0.3) is 5.91 Å². The Kier molecular flexibility index (Phi) is 5.14. The lowest BCUT2D eigenvalue weighted by Gasteiger charge is -2.10. The predicted molar refractivity (Wildman–Crippen MR) is 86.3 cm³/mol. The minimum atomic E-state index is -0.281. The molecule has 0 aliphatic carbocycles. The third kappa shape index (κ3) is 3.63. The third-order valence-corrected chi connectivity index (χ3v) is 3.25. The van der Waals surface area contributed by atoms with Crippen LogP contribution in [0.4, 0.5) is 5.69 Å². The number of phenolic OH excluding ortho intramolecular Hbond substituents is 1. The van der Waals surface area contributed by atoms with Gasteiger partial charge in [-0.3, -0.25) is 9.79 Å². The van der Waals surface area contributed by atoms with Gasteiger partial charge in [0.2, 0.25) is 0 Å². The zero-order valence-electron chi connectivity index (χ0n) is 12.4. The molecule has 0 heterocycles. The Balaban J connectivity index is 2.07. The standard InChI is InChI=1S/C17H18N2O3/c1-18-14-11-15(20)16(22-2)10-13(14)17(21)19-9-8-12-6-4-3-5-7-12/h3-7,10-11,20H,1,8-9H2,2H3,(H,19,21). The molecule has 0 atom stereocenters. The predicted octanol–water partition coefficient (Wildman–Crippen LogP) is 2.71. The summed E-state index contributed by atoms with van der Waals surface area (Å²) >= 11 is 0. The van der Waals surface area contributed by atoms with Gasteiger partial charge >= 0.3 is 0 Å². The van der Waals surface area contributed by atoms with Crippen molar-refractivity contribution < 1.29 is 14.6 Å². The Morgan fingerprint density at radius 3 is 2.68 bits per heavy atom. The van der Waals surface area contributed by atoms with Gasteiger partial charge in [-0.1, -0.05) is 30.3 Å². The molecular weight excluding hydrogens is 280 g/mol. The second-order valence-corrected chi connectivity index (χ2v) is 4.69. The molecule has 2 aromatic carbocycles. The van der Waals surface area contributed by atoms with E-state index in [9.17, 15) is 9.90 Å². The average Bonchev–Trinajstić information content (AvgIpc) is 2.55. The van der Waals surface area contributed by atoms with E-state index in [4.69, 9.17) is 4.74 Å². The molecule has 0 radical (unpaired) electrons. The van der Waals surface area contributed by atoms with Crippen LogP contribution in [0.3, 0.4) is 0 Å². The number of phenols is 1. The van der Waals surface area contributed by atoms with E-state index >= 15 is 0 Å². The fraction of sp³-hybridized carbons (Fsp3) is 0.176. The molecule has 0 fully saturated rings. The summed E-state index contributed by atoms with van der Waals surface area (Å²) in [5.74, 6) is -0.136. The van der Waals surface area contributed by atoms with E-state index < -0.39 is 0 Å². The van der Waals surface area contributed by atoms with Crippen LogP contribution in [-0.4, -0.2) is 31.4 Å². The molecule has 0 saturated heterocycles. The van der Waals surface area contributed by atoms with Gasteiger partial charge < -0.3 is 15.2 Å². The van der Waals surface area contributed by atoms with Gasteiger partial charge in [0.05, 0.1) is 18.4 Å². The monoisotopic (exact) mass is 298 g/mol. The molecule has 0 spiro atoms. The zero-order valence-corrected chi connectivity index (χ0v) is 12.4. The van der Waals surface area contributed by atoms with Crippen molar-refractivity contribution in [3.05, 3.63) is 53.6 Å². The minimum Gasteiger partial charge on any atom is -0.504 e.